The molecule has 0 aromatic heterocycles. The van der Waals surface area contributed by atoms with Crippen molar-refractivity contribution in [3.63, 3.8) is 0 Å². The Morgan fingerprint density at radius 2 is 1.95 bits per heavy atom. The highest BCUT2D eigenvalue weighted by Crippen LogP contribution is 2.34. The summed E-state index contributed by atoms with van der Waals surface area (Å²) in [5.74, 6) is 0.828. The number of amides is 1. The molecule has 1 saturated carbocycles. The molecule has 1 aliphatic carbocycles. The largest absolute Gasteiger partial charge is 0.375 e. The van der Waals surface area contributed by atoms with Gasteiger partial charge in [-0.3, -0.25) is 4.79 Å². The minimum Gasteiger partial charge on any atom is -0.375 e. The zero-order valence-electron chi connectivity index (χ0n) is 12.5. The van der Waals surface area contributed by atoms with Crippen LogP contribution >= 0.6 is 0 Å². The summed E-state index contributed by atoms with van der Waals surface area (Å²) in [7, 11) is 0. The van der Waals surface area contributed by atoms with E-state index in [1.165, 1.54) is 32.1 Å². The van der Waals surface area contributed by atoms with Crippen molar-refractivity contribution in [1.29, 1.82) is 0 Å². The first kappa shape index (κ1) is 14.8. The molecular formula is C16H29NO2. The van der Waals surface area contributed by atoms with E-state index >= 15 is 0 Å². The van der Waals surface area contributed by atoms with E-state index in [1.807, 2.05) is 0 Å². The third kappa shape index (κ3) is 4.48. The maximum Gasteiger partial charge on any atom is 0.217 e. The van der Waals surface area contributed by atoms with Crippen LogP contribution in [0.15, 0.2) is 0 Å². The topological polar surface area (TPSA) is 38.3 Å². The van der Waals surface area contributed by atoms with Crippen molar-refractivity contribution < 1.29 is 9.53 Å². The number of ether oxygens (including phenoxy) is 1. The summed E-state index contributed by atoms with van der Waals surface area (Å²) in [6.45, 7) is 3.83. The number of carbonyl (C=O) groups is 1. The van der Waals surface area contributed by atoms with Crippen molar-refractivity contribution in [2.45, 2.75) is 89.9 Å². The van der Waals surface area contributed by atoms with Gasteiger partial charge in [-0.25, -0.2) is 0 Å². The maximum atomic E-state index is 11.3. The molecule has 0 unspecified atom stereocenters. The summed E-state index contributed by atoms with van der Waals surface area (Å²) in [4.78, 5) is 11.3. The van der Waals surface area contributed by atoms with Crippen LogP contribution in [0.5, 0.6) is 0 Å². The Bertz CT molecular complexity index is 286. The first-order valence-electron chi connectivity index (χ1n) is 8.11. The number of rotatable bonds is 4. The van der Waals surface area contributed by atoms with Gasteiger partial charge in [0.25, 0.3) is 0 Å². The number of carbonyl (C=O) groups excluding carboxylic acids is 1. The first-order chi connectivity index (χ1) is 9.19. The fourth-order valence-electron chi connectivity index (χ4n) is 3.77. The summed E-state index contributed by atoms with van der Waals surface area (Å²) < 4.78 is 6.33. The third-order valence-electron chi connectivity index (χ3n) is 4.63. The molecule has 3 heteroatoms. The molecule has 0 aromatic carbocycles. The van der Waals surface area contributed by atoms with E-state index in [4.69, 9.17) is 4.74 Å². The van der Waals surface area contributed by atoms with Gasteiger partial charge < -0.3 is 10.1 Å². The van der Waals surface area contributed by atoms with E-state index in [2.05, 4.69) is 12.2 Å². The Morgan fingerprint density at radius 3 is 2.58 bits per heavy atom. The van der Waals surface area contributed by atoms with E-state index in [1.54, 1.807) is 6.92 Å². The van der Waals surface area contributed by atoms with Gasteiger partial charge in [-0.1, -0.05) is 32.6 Å². The van der Waals surface area contributed by atoms with Gasteiger partial charge in [0.15, 0.2) is 0 Å². The van der Waals surface area contributed by atoms with Crippen LogP contribution in [0.3, 0.4) is 0 Å². The Kier molecular flexibility index (Phi) is 5.68. The van der Waals surface area contributed by atoms with E-state index < -0.39 is 0 Å². The number of hydrogen-bond acceptors (Lipinski definition) is 2. The average molecular weight is 267 g/mol. The van der Waals surface area contributed by atoms with Crippen LogP contribution < -0.4 is 5.32 Å². The molecule has 0 bridgehead atoms. The zero-order chi connectivity index (χ0) is 13.7. The van der Waals surface area contributed by atoms with Crippen LogP contribution in [0.1, 0.15) is 71.6 Å². The summed E-state index contributed by atoms with van der Waals surface area (Å²) in [5, 5.41) is 3.12. The summed E-state index contributed by atoms with van der Waals surface area (Å²) in [6, 6.07) is 0.328. The fourth-order valence-corrected chi connectivity index (χ4v) is 3.77. The monoisotopic (exact) mass is 267 g/mol. The highest BCUT2D eigenvalue weighted by atomic mass is 16.5. The zero-order valence-corrected chi connectivity index (χ0v) is 12.5. The lowest BCUT2D eigenvalue weighted by Crippen LogP contribution is -2.47. The molecule has 0 spiro atoms. The van der Waals surface area contributed by atoms with Crippen molar-refractivity contribution in [2.75, 3.05) is 0 Å². The van der Waals surface area contributed by atoms with E-state index in [9.17, 15) is 4.79 Å². The predicted octanol–water partition coefficient (Wildman–Crippen LogP) is 3.42. The summed E-state index contributed by atoms with van der Waals surface area (Å²) in [6.07, 6.45) is 11.8. The molecule has 1 saturated heterocycles. The van der Waals surface area contributed by atoms with Crippen molar-refractivity contribution in [3.05, 3.63) is 0 Å². The standard InChI is InChI=1S/C16H29NO2/c1-3-7-15-10-14(17-12(2)18)11-16(19-15)13-8-5-4-6-9-13/h13-16H,3-11H2,1-2H3,(H,17,18)/t14-,15+,16+/m0/s1. The maximum absolute atomic E-state index is 11.3. The van der Waals surface area contributed by atoms with Gasteiger partial charge in [-0.15, -0.1) is 0 Å². The highest BCUT2D eigenvalue weighted by molar-refractivity contribution is 5.73. The number of hydrogen-bond donors (Lipinski definition) is 1. The van der Waals surface area contributed by atoms with Crippen molar-refractivity contribution >= 4 is 5.91 Å². The Morgan fingerprint density at radius 1 is 1.21 bits per heavy atom. The predicted molar refractivity (Wildman–Crippen MR) is 77.0 cm³/mol. The fraction of sp³-hybridized carbons (Fsp3) is 0.938. The smallest absolute Gasteiger partial charge is 0.217 e. The molecule has 2 rings (SSSR count). The Balaban J connectivity index is 1.94. The molecule has 19 heavy (non-hydrogen) atoms. The molecule has 3 atom stereocenters. The molecule has 110 valence electrons. The molecule has 1 amide bonds. The van der Waals surface area contributed by atoms with Gasteiger partial charge in [-0.2, -0.15) is 0 Å². The van der Waals surface area contributed by atoms with Gasteiger partial charge >= 0.3 is 0 Å². The second kappa shape index (κ2) is 7.28. The van der Waals surface area contributed by atoms with Gasteiger partial charge in [0.2, 0.25) is 5.91 Å². The van der Waals surface area contributed by atoms with Crippen molar-refractivity contribution in [2.24, 2.45) is 5.92 Å². The van der Waals surface area contributed by atoms with Crippen molar-refractivity contribution in [3.8, 4) is 0 Å². The van der Waals surface area contributed by atoms with E-state index in [-0.39, 0.29) is 5.91 Å². The summed E-state index contributed by atoms with van der Waals surface area (Å²) in [5.41, 5.74) is 0. The SMILES string of the molecule is CCC[C@@H]1C[C@H](NC(C)=O)C[C@H](C2CCCCC2)O1. The second-order valence-electron chi connectivity index (χ2n) is 6.35. The highest BCUT2D eigenvalue weighted by Gasteiger charge is 2.34. The quantitative estimate of drug-likeness (QED) is 0.847. The minimum atomic E-state index is 0.101. The Hall–Kier alpha value is -0.570. The first-order valence-corrected chi connectivity index (χ1v) is 8.11. The van der Waals surface area contributed by atoms with Crippen molar-refractivity contribution in [1.82, 2.24) is 5.32 Å². The van der Waals surface area contributed by atoms with Crippen LogP contribution in [0.25, 0.3) is 0 Å². The summed E-state index contributed by atoms with van der Waals surface area (Å²) >= 11 is 0. The van der Waals surface area contributed by atoms with Gasteiger partial charge in [0, 0.05) is 13.0 Å². The van der Waals surface area contributed by atoms with E-state index in [0.29, 0.717) is 18.2 Å². The average Bonchev–Trinajstić information content (AvgIpc) is 2.39. The third-order valence-corrected chi connectivity index (χ3v) is 4.63. The molecule has 2 fully saturated rings. The Labute approximate surface area is 117 Å². The molecule has 0 aromatic rings. The lowest BCUT2D eigenvalue weighted by molar-refractivity contribution is -0.124. The second-order valence-corrected chi connectivity index (χ2v) is 6.35. The lowest BCUT2D eigenvalue weighted by Gasteiger charge is -2.40. The van der Waals surface area contributed by atoms with Gasteiger partial charge in [-0.05, 0) is 38.0 Å². The molecule has 3 nitrogen and oxygen atoms in total. The van der Waals surface area contributed by atoms with Crippen LogP contribution in [-0.4, -0.2) is 24.2 Å². The van der Waals surface area contributed by atoms with Gasteiger partial charge in [0.1, 0.15) is 0 Å². The van der Waals surface area contributed by atoms with Crippen LogP contribution in [0.4, 0.5) is 0 Å². The molecule has 1 heterocycles. The molecule has 1 aliphatic heterocycles. The molecule has 0 radical (unpaired) electrons. The van der Waals surface area contributed by atoms with Crippen LogP contribution in [-0.2, 0) is 9.53 Å². The number of nitrogens with one attached hydrogen (secondary N) is 1. The molecule has 1 N–H and O–H groups in total. The molecule has 2 aliphatic rings. The minimum absolute atomic E-state index is 0.101. The van der Waals surface area contributed by atoms with Crippen LogP contribution in [0.2, 0.25) is 0 Å². The lowest BCUT2D eigenvalue weighted by atomic mass is 9.81. The van der Waals surface area contributed by atoms with Crippen LogP contribution in [0, 0.1) is 5.92 Å². The normalized spacial score (nSPS) is 33.1. The van der Waals surface area contributed by atoms with Gasteiger partial charge in [0.05, 0.1) is 12.2 Å². The molecular weight excluding hydrogens is 238 g/mol. The van der Waals surface area contributed by atoms with E-state index in [0.717, 1.165) is 31.6 Å².